The molecule has 1 aromatic carbocycles. The molecule has 8 heteroatoms. The second kappa shape index (κ2) is 6.67. The number of benzene rings is 1. The zero-order valence-corrected chi connectivity index (χ0v) is 14.2. The van der Waals surface area contributed by atoms with E-state index in [-0.39, 0.29) is 11.5 Å². The maximum absolute atomic E-state index is 12.0. The van der Waals surface area contributed by atoms with Crippen LogP contribution in [0, 0.1) is 0 Å². The van der Waals surface area contributed by atoms with Crippen LogP contribution in [0.3, 0.4) is 0 Å². The van der Waals surface area contributed by atoms with Crippen LogP contribution in [0.1, 0.15) is 17.3 Å². The topological polar surface area (TPSA) is 117 Å². The summed E-state index contributed by atoms with van der Waals surface area (Å²) in [5.41, 5.74) is 2.30. The molecule has 0 fully saturated rings. The summed E-state index contributed by atoms with van der Waals surface area (Å²) < 4.78 is 5.27. The number of amides is 1. The molecule has 1 amide bonds. The van der Waals surface area contributed by atoms with E-state index in [0.717, 1.165) is 0 Å². The summed E-state index contributed by atoms with van der Waals surface area (Å²) in [4.78, 5) is 34.6. The van der Waals surface area contributed by atoms with E-state index in [2.05, 4.69) is 26.8 Å². The summed E-state index contributed by atoms with van der Waals surface area (Å²) in [5.74, 6) is -0.973. The lowest BCUT2D eigenvalue weighted by Crippen LogP contribution is -2.12. The predicted molar refractivity (Wildman–Crippen MR) is 96.3 cm³/mol. The monoisotopic (exact) mass is 352 g/mol. The van der Waals surface area contributed by atoms with Gasteiger partial charge in [-0.3, -0.25) is 4.79 Å². The van der Waals surface area contributed by atoms with Crippen molar-refractivity contribution in [3.8, 4) is 17.0 Å². The summed E-state index contributed by atoms with van der Waals surface area (Å²) in [6.45, 7) is 5.21. The number of anilines is 1. The van der Waals surface area contributed by atoms with Crippen molar-refractivity contribution in [3.63, 3.8) is 0 Å². The highest BCUT2D eigenvalue weighted by molar-refractivity contribution is 6.08. The molecular weight excluding hydrogens is 336 g/mol. The van der Waals surface area contributed by atoms with Crippen molar-refractivity contribution in [3.05, 3.63) is 48.4 Å². The molecule has 0 atom stereocenters. The highest BCUT2D eigenvalue weighted by Crippen LogP contribution is 2.34. The van der Waals surface area contributed by atoms with Crippen molar-refractivity contribution < 1.29 is 19.4 Å². The summed E-state index contributed by atoms with van der Waals surface area (Å²) in [6.07, 6.45) is 2.72. The number of carbonyl (C=O) groups is 2. The minimum Gasteiger partial charge on any atom is -0.495 e. The molecule has 2 heterocycles. The minimum atomic E-state index is -1.09. The number of rotatable bonds is 5. The number of hydrogen-bond acceptors (Lipinski definition) is 5. The van der Waals surface area contributed by atoms with E-state index in [9.17, 15) is 14.7 Å². The Bertz CT molecular complexity index is 1040. The van der Waals surface area contributed by atoms with Crippen LogP contribution in [0.5, 0.6) is 5.75 Å². The van der Waals surface area contributed by atoms with Gasteiger partial charge in [0.1, 0.15) is 17.7 Å². The largest absolute Gasteiger partial charge is 0.495 e. The molecule has 132 valence electrons. The number of methoxy groups -OCH3 is 1. The first-order valence-corrected chi connectivity index (χ1v) is 7.63. The van der Waals surface area contributed by atoms with Crippen LogP contribution in [-0.4, -0.2) is 39.0 Å². The van der Waals surface area contributed by atoms with E-state index in [4.69, 9.17) is 4.74 Å². The van der Waals surface area contributed by atoms with E-state index >= 15 is 0 Å². The van der Waals surface area contributed by atoms with Crippen molar-refractivity contribution in [1.29, 1.82) is 0 Å². The third-order valence-corrected chi connectivity index (χ3v) is 3.81. The van der Waals surface area contributed by atoms with Gasteiger partial charge in [-0.1, -0.05) is 6.58 Å². The first-order valence-electron chi connectivity index (χ1n) is 7.63. The summed E-state index contributed by atoms with van der Waals surface area (Å²) in [6, 6.07) is 5.07. The molecule has 0 radical (unpaired) electrons. The lowest BCUT2D eigenvalue weighted by Gasteiger charge is -2.12. The Kier molecular flexibility index (Phi) is 4.40. The number of ether oxygens (including phenoxy) is 1. The second-order valence-corrected chi connectivity index (χ2v) is 5.60. The normalized spacial score (nSPS) is 10.5. The number of fused-ring (bicyclic) bond motifs is 1. The fourth-order valence-corrected chi connectivity index (χ4v) is 2.53. The van der Waals surface area contributed by atoms with Crippen LogP contribution in [0.2, 0.25) is 0 Å². The second-order valence-electron chi connectivity index (χ2n) is 5.60. The Morgan fingerprint density at radius 3 is 2.73 bits per heavy atom. The third kappa shape index (κ3) is 3.00. The molecule has 0 saturated heterocycles. The molecule has 0 aliphatic carbocycles. The van der Waals surface area contributed by atoms with Gasteiger partial charge in [-0.15, -0.1) is 0 Å². The van der Waals surface area contributed by atoms with Gasteiger partial charge in [0, 0.05) is 17.3 Å². The Labute approximate surface area is 148 Å². The Hall–Kier alpha value is -3.68. The number of carboxylic acids is 1. The van der Waals surface area contributed by atoms with E-state index < -0.39 is 5.97 Å². The van der Waals surface area contributed by atoms with Crippen LogP contribution in [-0.2, 0) is 4.79 Å². The summed E-state index contributed by atoms with van der Waals surface area (Å²) in [5, 5.41) is 12.5. The first kappa shape index (κ1) is 17.2. The number of nitrogens with zero attached hydrogens (tertiary/aromatic N) is 2. The molecular formula is C18H16N4O4. The number of aromatic carboxylic acids is 1. The van der Waals surface area contributed by atoms with E-state index in [1.54, 1.807) is 25.1 Å². The first-order chi connectivity index (χ1) is 12.4. The number of carbonyl (C=O) groups excluding carboxylic acids is 1. The van der Waals surface area contributed by atoms with Gasteiger partial charge in [-0.05, 0) is 25.1 Å². The van der Waals surface area contributed by atoms with Gasteiger partial charge in [0.2, 0.25) is 0 Å². The molecule has 0 bridgehead atoms. The molecule has 0 spiro atoms. The lowest BCUT2D eigenvalue weighted by molar-refractivity contribution is -0.112. The minimum absolute atomic E-state index is 0.0685. The predicted octanol–water partition coefficient (Wildman–Crippen LogP) is 2.85. The molecule has 0 unspecified atom stereocenters. The van der Waals surface area contributed by atoms with Gasteiger partial charge in [0.25, 0.3) is 5.91 Å². The molecule has 0 saturated carbocycles. The quantitative estimate of drug-likeness (QED) is 0.608. The van der Waals surface area contributed by atoms with Crippen LogP contribution in [0.15, 0.2) is 42.9 Å². The SMILES string of the molecule is C=C(C)C(=O)Nc1cc(-c2ncnc3[nH]cc(C(=O)O)c23)ccc1OC. The van der Waals surface area contributed by atoms with Crippen LogP contribution >= 0.6 is 0 Å². The number of aromatic amines is 1. The molecule has 26 heavy (non-hydrogen) atoms. The molecule has 3 rings (SSSR count). The average molecular weight is 352 g/mol. The number of H-pyrrole nitrogens is 1. The number of hydrogen-bond donors (Lipinski definition) is 3. The number of aromatic nitrogens is 3. The van der Waals surface area contributed by atoms with E-state index in [1.165, 1.54) is 19.6 Å². The number of carboxylic acid groups (broad SMARTS) is 1. The van der Waals surface area contributed by atoms with Crippen molar-refractivity contribution >= 4 is 28.6 Å². The van der Waals surface area contributed by atoms with Gasteiger partial charge in [0.15, 0.2) is 0 Å². The average Bonchev–Trinajstić information content (AvgIpc) is 3.06. The van der Waals surface area contributed by atoms with Gasteiger partial charge in [0.05, 0.1) is 29.4 Å². The maximum Gasteiger partial charge on any atom is 0.338 e. The maximum atomic E-state index is 12.0. The molecule has 8 nitrogen and oxygen atoms in total. The molecule has 0 aliphatic heterocycles. The smallest absolute Gasteiger partial charge is 0.338 e. The summed E-state index contributed by atoms with van der Waals surface area (Å²) in [7, 11) is 1.49. The zero-order chi connectivity index (χ0) is 18.8. The van der Waals surface area contributed by atoms with Gasteiger partial charge >= 0.3 is 5.97 Å². The van der Waals surface area contributed by atoms with Gasteiger partial charge in [-0.2, -0.15) is 0 Å². The lowest BCUT2D eigenvalue weighted by atomic mass is 10.0. The molecule has 3 N–H and O–H groups in total. The Morgan fingerprint density at radius 2 is 2.08 bits per heavy atom. The van der Waals surface area contributed by atoms with E-state index in [0.29, 0.717) is 39.3 Å². The Morgan fingerprint density at radius 1 is 1.31 bits per heavy atom. The van der Waals surface area contributed by atoms with Crippen molar-refractivity contribution in [2.75, 3.05) is 12.4 Å². The molecule has 2 aromatic heterocycles. The highest BCUT2D eigenvalue weighted by atomic mass is 16.5. The van der Waals surface area contributed by atoms with Crippen molar-refractivity contribution in [2.45, 2.75) is 6.92 Å². The highest BCUT2D eigenvalue weighted by Gasteiger charge is 2.18. The van der Waals surface area contributed by atoms with Crippen LogP contribution in [0.25, 0.3) is 22.3 Å². The summed E-state index contributed by atoms with van der Waals surface area (Å²) >= 11 is 0. The van der Waals surface area contributed by atoms with Gasteiger partial charge in [-0.25, -0.2) is 14.8 Å². The molecule has 3 aromatic rings. The van der Waals surface area contributed by atoms with Crippen LogP contribution < -0.4 is 10.1 Å². The van der Waals surface area contributed by atoms with E-state index in [1.807, 2.05) is 0 Å². The van der Waals surface area contributed by atoms with Crippen molar-refractivity contribution in [2.24, 2.45) is 0 Å². The fraction of sp³-hybridized carbons (Fsp3) is 0.111. The number of nitrogens with one attached hydrogen (secondary N) is 2. The fourth-order valence-electron chi connectivity index (χ4n) is 2.53. The standard InChI is InChI=1S/C18H16N4O4/c1-9(2)17(23)22-12-6-10(4-5-13(12)26-3)15-14-11(18(24)25)7-19-16(14)21-8-20-15/h4-8H,1H2,2-3H3,(H,22,23)(H,24,25)(H,19,20,21). The third-order valence-electron chi connectivity index (χ3n) is 3.81. The van der Waals surface area contributed by atoms with Crippen molar-refractivity contribution in [1.82, 2.24) is 15.0 Å². The van der Waals surface area contributed by atoms with Gasteiger partial charge < -0.3 is 20.1 Å². The van der Waals surface area contributed by atoms with Crippen LogP contribution in [0.4, 0.5) is 5.69 Å². The Balaban J connectivity index is 2.17. The molecule has 0 aliphatic rings. The zero-order valence-electron chi connectivity index (χ0n) is 14.2.